The van der Waals surface area contributed by atoms with Crippen LogP contribution in [0.4, 0.5) is 4.39 Å². The second-order valence-corrected chi connectivity index (χ2v) is 4.66. The monoisotopic (exact) mass is 291 g/mol. The molecule has 0 bridgehead atoms. The summed E-state index contributed by atoms with van der Waals surface area (Å²) in [6.07, 6.45) is 1.34. The van der Waals surface area contributed by atoms with Gasteiger partial charge in [-0.3, -0.25) is 4.90 Å². The third-order valence-electron chi connectivity index (χ3n) is 3.44. The minimum atomic E-state index is -1.01. The van der Waals surface area contributed by atoms with Crippen LogP contribution < -0.4 is 0 Å². The van der Waals surface area contributed by atoms with Crippen molar-refractivity contribution in [3.63, 3.8) is 0 Å². The first-order chi connectivity index (χ1) is 10.1. The third kappa shape index (κ3) is 3.28. The van der Waals surface area contributed by atoms with Crippen molar-refractivity contribution in [1.29, 1.82) is 0 Å². The molecule has 2 aromatic rings. The van der Waals surface area contributed by atoms with Gasteiger partial charge in [0.15, 0.2) is 0 Å². The van der Waals surface area contributed by atoms with Crippen LogP contribution >= 0.6 is 0 Å². The van der Waals surface area contributed by atoms with Crippen molar-refractivity contribution in [2.24, 2.45) is 0 Å². The Bertz CT molecular complexity index is 618. The molecule has 2 rings (SSSR count). The predicted molar refractivity (Wildman–Crippen MR) is 77.1 cm³/mol. The molecule has 0 aliphatic carbocycles. The van der Waals surface area contributed by atoms with Crippen LogP contribution in [0.25, 0.3) is 5.69 Å². The zero-order valence-corrected chi connectivity index (χ0v) is 12.1. The molecule has 1 heterocycles. The molecule has 0 spiro atoms. The second kappa shape index (κ2) is 6.49. The molecule has 0 saturated heterocycles. The van der Waals surface area contributed by atoms with Crippen LogP contribution in [0.5, 0.6) is 0 Å². The fourth-order valence-corrected chi connectivity index (χ4v) is 2.17. The maximum absolute atomic E-state index is 13.0. The molecule has 5 nitrogen and oxygen atoms in total. The molecule has 112 valence electrons. The molecule has 21 heavy (non-hydrogen) atoms. The lowest BCUT2D eigenvalue weighted by atomic mass is 10.2. The fraction of sp³-hybridized carbons (Fsp3) is 0.333. The maximum atomic E-state index is 13.0. The summed E-state index contributed by atoms with van der Waals surface area (Å²) >= 11 is 0. The highest BCUT2D eigenvalue weighted by Crippen LogP contribution is 2.17. The lowest BCUT2D eigenvalue weighted by Gasteiger charge is -2.19. The minimum Gasteiger partial charge on any atom is -0.478 e. The van der Waals surface area contributed by atoms with Crippen LogP contribution in [0.2, 0.25) is 0 Å². The molecule has 0 radical (unpaired) electrons. The molecule has 1 aromatic heterocycles. The van der Waals surface area contributed by atoms with Gasteiger partial charge >= 0.3 is 5.97 Å². The summed E-state index contributed by atoms with van der Waals surface area (Å²) in [6, 6.07) is 5.83. The van der Waals surface area contributed by atoms with Gasteiger partial charge in [-0.25, -0.2) is 13.9 Å². The smallest absolute Gasteiger partial charge is 0.339 e. The van der Waals surface area contributed by atoms with Crippen molar-refractivity contribution in [3.8, 4) is 5.69 Å². The van der Waals surface area contributed by atoms with Gasteiger partial charge in [0.2, 0.25) is 0 Å². The van der Waals surface area contributed by atoms with Gasteiger partial charge in [0.1, 0.15) is 11.4 Å². The number of nitrogens with zero attached hydrogens (tertiary/aromatic N) is 3. The van der Waals surface area contributed by atoms with E-state index in [1.807, 2.05) is 13.8 Å². The molecule has 0 fully saturated rings. The van der Waals surface area contributed by atoms with E-state index in [0.29, 0.717) is 17.9 Å². The Balaban J connectivity index is 2.46. The van der Waals surface area contributed by atoms with Gasteiger partial charge in [0, 0.05) is 6.54 Å². The highest BCUT2D eigenvalue weighted by atomic mass is 19.1. The number of aromatic carboxylic acids is 1. The number of benzene rings is 1. The van der Waals surface area contributed by atoms with E-state index in [4.69, 9.17) is 0 Å². The lowest BCUT2D eigenvalue weighted by Crippen LogP contribution is -2.25. The highest BCUT2D eigenvalue weighted by Gasteiger charge is 2.19. The lowest BCUT2D eigenvalue weighted by molar-refractivity contribution is 0.0694. The van der Waals surface area contributed by atoms with Crippen LogP contribution in [0.3, 0.4) is 0 Å². The Morgan fingerprint density at radius 3 is 2.43 bits per heavy atom. The molecule has 0 aliphatic heterocycles. The average molecular weight is 291 g/mol. The molecule has 6 heteroatoms. The van der Waals surface area contributed by atoms with E-state index >= 15 is 0 Å². The Hall–Kier alpha value is -2.21. The van der Waals surface area contributed by atoms with E-state index in [1.165, 1.54) is 18.3 Å². The van der Waals surface area contributed by atoms with E-state index < -0.39 is 5.97 Å². The number of carbonyl (C=O) groups is 1. The second-order valence-electron chi connectivity index (χ2n) is 4.66. The van der Waals surface area contributed by atoms with Crippen LogP contribution in [0.15, 0.2) is 30.5 Å². The molecule has 1 aromatic carbocycles. The van der Waals surface area contributed by atoms with Crippen molar-refractivity contribution in [3.05, 3.63) is 47.5 Å². The Morgan fingerprint density at radius 1 is 1.29 bits per heavy atom. The number of hydrogen-bond acceptors (Lipinski definition) is 3. The van der Waals surface area contributed by atoms with Crippen LogP contribution in [-0.2, 0) is 6.54 Å². The maximum Gasteiger partial charge on any atom is 0.339 e. The number of halogens is 1. The largest absolute Gasteiger partial charge is 0.478 e. The zero-order valence-electron chi connectivity index (χ0n) is 12.1. The van der Waals surface area contributed by atoms with Crippen molar-refractivity contribution < 1.29 is 14.3 Å². The van der Waals surface area contributed by atoms with Gasteiger partial charge in [-0.05, 0) is 37.4 Å². The van der Waals surface area contributed by atoms with Gasteiger partial charge in [0.25, 0.3) is 0 Å². The summed E-state index contributed by atoms with van der Waals surface area (Å²) in [5.41, 5.74) is 1.41. The highest BCUT2D eigenvalue weighted by molar-refractivity contribution is 5.88. The zero-order chi connectivity index (χ0) is 15.4. The number of carboxylic acids is 1. The Morgan fingerprint density at radius 2 is 1.90 bits per heavy atom. The van der Waals surface area contributed by atoms with Gasteiger partial charge in [-0.2, -0.15) is 5.10 Å². The summed E-state index contributed by atoms with van der Waals surface area (Å²) in [5.74, 6) is -1.35. The molecular weight excluding hydrogens is 273 g/mol. The summed E-state index contributed by atoms with van der Waals surface area (Å²) in [6.45, 7) is 6.13. The number of rotatable bonds is 6. The number of hydrogen-bond donors (Lipinski definition) is 1. The first kappa shape index (κ1) is 15.2. The van der Waals surface area contributed by atoms with E-state index in [1.54, 1.807) is 16.8 Å². The molecule has 1 N–H and O–H groups in total. The first-order valence-corrected chi connectivity index (χ1v) is 6.85. The van der Waals surface area contributed by atoms with E-state index in [0.717, 1.165) is 13.1 Å². The summed E-state index contributed by atoms with van der Waals surface area (Å²) in [4.78, 5) is 13.4. The van der Waals surface area contributed by atoms with Crippen LogP contribution in [-0.4, -0.2) is 38.8 Å². The molecular formula is C15H18FN3O2. The standard InChI is InChI=1S/C15H18FN3O2/c1-3-18(4-2)10-14-13(15(20)21)9-17-19(14)12-7-5-11(16)6-8-12/h5-9H,3-4,10H2,1-2H3,(H,20,21). The van der Waals surface area contributed by atoms with E-state index in [-0.39, 0.29) is 11.4 Å². The fourth-order valence-electron chi connectivity index (χ4n) is 2.17. The quantitative estimate of drug-likeness (QED) is 0.888. The van der Waals surface area contributed by atoms with Crippen molar-refractivity contribution in [1.82, 2.24) is 14.7 Å². The SMILES string of the molecule is CCN(CC)Cc1c(C(=O)O)cnn1-c1ccc(F)cc1. The predicted octanol–water partition coefficient (Wildman–Crippen LogP) is 2.55. The first-order valence-electron chi connectivity index (χ1n) is 6.85. The van der Waals surface area contributed by atoms with Crippen LogP contribution in [0, 0.1) is 5.82 Å². The molecule has 0 unspecified atom stereocenters. The van der Waals surface area contributed by atoms with Gasteiger partial charge < -0.3 is 5.11 Å². The van der Waals surface area contributed by atoms with Gasteiger partial charge in [0.05, 0.1) is 17.6 Å². The van der Waals surface area contributed by atoms with Crippen molar-refractivity contribution in [2.75, 3.05) is 13.1 Å². The van der Waals surface area contributed by atoms with E-state index in [9.17, 15) is 14.3 Å². The van der Waals surface area contributed by atoms with Gasteiger partial charge in [-0.1, -0.05) is 13.8 Å². The summed E-state index contributed by atoms with van der Waals surface area (Å²) < 4.78 is 14.6. The normalized spacial score (nSPS) is 11.0. The number of aromatic nitrogens is 2. The molecule has 0 atom stereocenters. The molecule has 0 saturated carbocycles. The topological polar surface area (TPSA) is 58.4 Å². The van der Waals surface area contributed by atoms with E-state index in [2.05, 4.69) is 10.00 Å². The molecule has 0 amide bonds. The third-order valence-corrected chi connectivity index (χ3v) is 3.44. The van der Waals surface area contributed by atoms with Crippen molar-refractivity contribution in [2.45, 2.75) is 20.4 Å². The van der Waals surface area contributed by atoms with Gasteiger partial charge in [-0.15, -0.1) is 0 Å². The van der Waals surface area contributed by atoms with Crippen LogP contribution in [0.1, 0.15) is 29.9 Å². The summed E-state index contributed by atoms with van der Waals surface area (Å²) in [5, 5.41) is 13.4. The van der Waals surface area contributed by atoms with Crippen molar-refractivity contribution >= 4 is 5.97 Å². The Kier molecular flexibility index (Phi) is 4.70. The Labute approximate surface area is 122 Å². The summed E-state index contributed by atoms with van der Waals surface area (Å²) in [7, 11) is 0. The molecule has 0 aliphatic rings. The minimum absolute atomic E-state index is 0.172. The average Bonchev–Trinajstić information content (AvgIpc) is 2.89. The number of carboxylic acid groups (broad SMARTS) is 1.